The number of nitrogens with one attached hydrogen (secondary N) is 1. The number of fused-ring (bicyclic) bond motifs is 1. The highest BCUT2D eigenvalue weighted by atomic mass is 19.3. The number of rotatable bonds is 5. The molecule has 1 aliphatic heterocycles. The lowest BCUT2D eigenvalue weighted by atomic mass is 10.1. The van der Waals surface area contributed by atoms with Crippen molar-refractivity contribution in [1.82, 2.24) is 4.98 Å². The summed E-state index contributed by atoms with van der Waals surface area (Å²) in [6.07, 6.45) is -2.58. The second kappa shape index (κ2) is 7.12. The maximum absolute atomic E-state index is 13.8. The normalized spacial score (nSPS) is 14.1. The fourth-order valence-electron chi connectivity index (χ4n) is 2.75. The number of hydrogen-bond acceptors (Lipinski definition) is 5. The first-order valence-electron chi connectivity index (χ1n) is 8.39. The number of amides is 1. The maximum Gasteiger partial charge on any atom is 0.586 e. The Labute approximate surface area is 161 Å². The smallest absolute Gasteiger partial charge is 0.441 e. The molecule has 0 spiro atoms. The Morgan fingerprint density at radius 3 is 2.55 bits per heavy atom. The Kier molecular flexibility index (Phi) is 4.61. The number of nitrogens with zero attached hydrogens (tertiary/aromatic N) is 1. The largest absolute Gasteiger partial charge is 0.586 e. The first-order valence-corrected chi connectivity index (χ1v) is 8.39. The van der Waals surface area contributed by atoms with Gasteiger partial charge in [-0.25, -0.2) is 13.8 Å². The van der Waals surface area contributed by atoms with Crippen LogP contribution in [0.2, 0.25) is 0 Å². The third-order valence-corrected chi connectivity index (χ3v) is 4.01. The van der Waals surface area contributed by atoms with Gasteiger partial charge in [-0.2, -0.15) is 0 Å². The van der Waals surface area contributed by atoms with E-state index in [0.717, 1.165) is 12.1 Å². The van der Waals surface area contributed by atoms with E-state index in [1.54, 1.807) is 0 Å². The Morgan fingerprint density at radius 1 is 1.07 bits per heavy atom. The lowest BCUT2D eigenvalue weighted by Gasteiger charge is -2.05. The van der Waals surface area contributed by atoms with Crippen LogP contribution in [0.1, 0.15) is 12.3 Å². The number of halogens is 4. The van der Waals surface area contributed by atoms with Gasteiger partial charge < -0.3 is 19.2 Å². The predicted octanol–water partition coefficient (Wildman–Crippen LogP) is 4.51. The zero-order valence-corrected chi connectivity index (χ0v) is 14.5. The number of alkyl halides is 2. The fourth-order valence-corrected chi connectivity index (χ4v) is 2.75. The molecule has 0 saturated heterocycles. The Morgan fingerprint density at radius 2 is 1.79 bits per heavy atom. The molecule has 1 aromatic heterocycles. The van der Waals surface area contributed by atoms with Gasteiger partial charge in [-0.3, -0.25) is 4.79 Å². The summed E-state index contributed by atoms with van der Waals surface area (Å²) in [5.74, 6) is -2.35. The highest BCUT2D eigenvalue weighted by Crippen LogP contribution is 2.42. The second-order valence-corrected chi connectivity index (χ2v) is 6.09. The predicted molar refractivity (Wildman–Crippen MR) is 91.5 cm³/mol. The van der Waals surface area contributed by atoms with Crippen LogP contribution in [0.5, 0.6) is 11.5 Å². The Bertz CT molecular complexity index is 1060. The van der Waals surface area contributed by atoms with Crippen LogP contribution < -0.4 is 14.8 Å². The molecular formula is C19H12F4N2O4. The van der Waals surface area contributed by atoms with Crippen LogP contribution in [0.4, 0.5) is 23.2 Å². The molecule has 3 aromatic rings. The number of hydrogen-bond donors (Lipinski definition) is 1. The van der Waals surface area contributed by atoms with Crippen molar-refractivity contribution in [2.75, 3.05) is 5.32 Å². The lowest BCUT2D eigenvalue weighted by molar-refractivity contribution is -0.286. The van der Waals surface area contributed by atoms with Crippen LogP contribution >= 0.6 is 0 Å². The van der Waals surface area contributed by atoms with Crippen molar-refractivity contribution in [2.24, 2.45) is 0 Å². The van der Waals surface area contributed by atoms with Gasteiger partial charge >= 0.3 is 6.29 Å². The van der Waals surface area contributed by atoms with Gasteiger partial charge in [0.25, 0.3) is 0 Å². The quantitative estimate of drug-likeness (QED) is 0.629. The van der Waals surface area contributed by atoms with Gasteiger partial charge in [-0.1, -0.05) is 6.07 Å². The molecule has 0 bridgehead atoms. The van der Waals surface area contributed by atoms with Crippen molar-refractivity contribution in [3.05, 3.63) is 60.1 Å². The van der Waals surface area contributed by atoms with Gasteiger partial charge in [0, 0.05) is 24.6 Å². The van der Waals surface area contributed by atoms with Crippen LogP contribution in [0.25, 0.3) is 11.3 Å². The van der Waals surface area contributed by atoms with Crippen LogP contribution in [0.3, 0.4) is 0 Å². The van der Waals surface area contributed by atoms with Crippen molar-refractivity contribution < 1.29 is 36.2 Å². The van der Waals surface area contributed by atoms with Gasteiger partial charge in [0.15, 0.2) is 23.1 Å². The second-order valence-electron chi connectivity index (χ2n) is 6.09. The number of ether oxygens (including phenoxy) is 2. The third-order valence-electron chi connectivity index (χ3n) is 4.01. The van der Waals surface area contributed by atoms with Gasteiger partial charge in [-0.05, 0) is 24.3 Å². The molecule has 0 saturated carbocycles. The number of aromatic nitrogens is 1. The zero-order chi connectivity index (χ0) is 20.6. The van der Waals surface area contributed by atoms with E-state index in [-0.39, 0.29) is 47.2 Å². The highest BCUT2D eigenvalue weighted by molar-refractivity contribution is 5.91. The van der Waals surface area contributed by atoms with Crippen LogP contribution in [0.15, 0.2) is 47.0 Å². The molecule has 0 atom stereocenters. The van der Waals surface area contributed by atoms with E-state index in [0.29, 0.717) is 0 Å². The van der Waals surface area contributed by atoms with Crippen molar-refractivity contribution in [3.8, 4) is 22.8 Å². The summed E-state index contributed by atoms with van der Waals surface area (Å²) in [6.45, 7) is 0. The van der Waals surface area contributed by atoms with E-state index < -0.39 is 23.8 Å². The van der Waals surface area contributed by atoms with Gasteiger partial charge in [0.1, 0.15) is 11.6 Å². The molecular weight excluding hydrogens is 396 g/mol. The van der Waals surface area contributed by atoms with E-state index >= 15 is 0 Å². The third kappa shape index (κ3) is 4.00. The van der Waals surface area contributed by atoms with Crippen LogP contribution in [-0.2, 0) is 11.2 Å². The minimum absolute atomic E-state index is 0.0600. The average Bonchev–Trinajstić information content (AvgIpc) is 3.22. The first kappa shape index (κ1) is 18.8. The summed E-state index contributed by atoms with van der Waals surface area (Å²) < 4.78 is 67.5. The summed E-state index contributed by atoms with van der Waals surface area (Å²) in [5, 5.41) is 2.52. The summed E-state index contributed by atoms with van der Waals surface area (Å²) in [5.41, 5.74) is -0.107. The molecule has 150 valence electrons. The standard InChI is InChI=1S/C19H12F4N2O4/c20-11-2-1-3-12(21)18(11)15-9-24-17(27-15)7-6-16(26)25-10-4-5-13-14(8-10)29-19(22,23)28-13/h1-5,8-9H,6-7H2,(H,25,26). The Balaban J connectivity index is 1.37. The molecule has 10 heteroatoms. The molecule has 2 heterocycles. The molecule has 0 aliphatic carbocycles. The van der Waals surface area contributed by atoms with Crippen molar-refractivity contribution in [1.29, 1.82) is 0 Å². The number of anilines is 1. The van der Waals surface area contributed by atoms with E-state index in [1.165, 1.54) is 30.5 Å². The van der Waals surface area contributed by atoms with E-state index in [2.05, 4.69) is 19.8 Å². The lowest BCUT2D eigenvalue weighted by Crippen LogP contribution is -2.25. The molecule has 0 unspecified atom stereocenters. The molecule has 6 nitrogen and oxygen atoms in total. The number of oxazole rings is 1. The molecule has 0 radical (unpaired) electrons. The molecule has 0 fully saturated rings. The fraction of sp³-hybridized carbons (Fsp3) is 0.158. The van der Waals surface area contributed by atoms with E-state index in [1.807, 2.05) is 0 Å². The highest BCUT2D eigenvalue weighted by Gasteiger charge is 2.43. The maximum atomic E-state index is 13.8. The van der Waals surface area contributed by atoms with Crippen molar-refractivity contribution >= 4 is 11.6 Å². The van der Waals surface area contributed by atoms with Crippen LogP contribution in [-0.4, -0.2) is 17.2 Å². The van der Waals surface area contributed by atoms with E-state index in [4.69, 9.17) is 4.42 Å². The Hall–Kier alpha value is -3.56. The van der Waals surface area contributed by atoms with Gasteiger partial charge in [0.2, 0.25) is 5.91 Å². The van der Waals surface area contributed by atoms with Crippen LogP contribution in [0, 0.1) is 11.6 Å². The van der Waals surface area contributed by atoms with Gasteiger partial charge in [-0.15, -0.1) is 8.78 Å². The minimum Gasteiger partial charge on any atom is -0.441 e. The number of aryl methyl sites for hydroxylation is 1. The van der Waals surface area contributed by atoms with Gasteiger partial charge in [0.05, 0.1) is 11.8 Å². The summed E-state index contributed by atoms with van der Waals surface area (Å²) in [6, 6.07) is 7.25. The average molecular weight is 408 g/mol. The SMILES string of the molecule is O=C(CCc1ncc(-c2c(F)cccc2F)o1)Nc1ccc2c(c1)OC(F)(F)O2. The number of carbonyl (C=O) groups is 1. The number of benzene rings is 2. The first-order chi connectivity index (χ1) is 13.8. The summed E-state index contributed by atoms with van der Waals surface area (Å²) >= 11 is 0. The molecule has 29 heavy (non-hydrogen) atoms. The van der Waals surface area contributed by atoms with E-state index in [9.17, 15) is 22.4 Å². The topological polar surface area (TPSA) is 73.6 Å². The molecule has 4 rings (SSSR count). The number of carbonyl (C=O) groups excluding carboxylic acids is 1. The minimum atomic E-state index is -3.74. The molecule has 1 N–H and O–H groups in total. The summed E-state index contributed by atoms with van der Waals surface area (Å²) in [4.78, 5) is 16.0. The molecule has 1 amide bonds. The molecule has 1 aliphatic rings. The van der Waals surface area contributed by atoms with Crippen molar-refractivity contribution in [3.63, 3.8) is 0 Å². The summed E-state index contributed by atoms with van der Waals surface area (Å²) in [7, 11) is 0. The zero-order valence-electron chi connectivity index (χ0n) is 14.5. The molecule has 2 aromatic carbocycles. The van der Waals surface area contributed by atoms with Crippen molar-refractivity contribution in [2.45, 2.75) is 19.1 Å². The monoisotopic (exact) mass is 408 g/mol.